The summed E-state index contributed by atoms with van der Waals surface area (Å²) in [5.41, 5.74) is 11.4. The predicted octanol–water partition coefficient (Wildman–Crippen LogP) is 8.97. The van der Waals surface area contributed by atoms with Crippen molar-refractivity contribution in [3.8, 4) is 0 Å². The molecule has 5 aromatic carbocycles. The molecule has 0 amide bonds. The highest BCUT2D eigenvalue weighted by molar-refractivity contribution is 6.18. The third kappa shape index (κ3) is 3.06. The van der Waals surface area contributed by atoms with Crippen molar-refractivity contribution in [1.82, 2.24) is 0 Å². The summed E-state index contributed by atoms with van der Waals surface area (Å²) in [4.78, 5) is 0. The molecule has 0 saturated heterocycles. The molecule has 34 heavy (non-hydrogen) atoms. The van der Waals surface area contributed by atoms with E-state index >= 15 is 0 Å². The summed E-state index contributed by atoms with van der Waals surface area (Å²) in [7, 11) is 0. The zero-order valence-electron chi connectivity index (χ0n) is 19.2. The van der Waals surface area contributed by atoms with E-state index in [1.165, 1.54) is 66.1 Å². The number of allylic oxidation sites excluding steroid dienone is 2. The number of hydrogen-bond donors (Lipinski definition) is 0. The Bertz CT molecular complexity index is 1460. The zero-order valence-corrected chi connectivity index (χ0v) is 19.2. The van der Waals surface area contributed by atoms with Crippen LogP contribution in [-0.2, 0) is 12.8 Å². The van der Waals surface area contributed by atoms with E-state index in [1.54, 1.807) is 0 Å². The molecule has 0 nitrogen and oxygen atoms in total. The fourth-order valence-electron chi connectivity index (χ4n) is 6.08. The quantitative estimate of drug-likeness (QED) is 0.243. The second-order valence-corrected chi connectivity index (χ2v) is 9.58. The van der Waals surface area contributed by atoms with E-state index < -0.39 is 0 Å². The second kappa shape index (κ2) is 7.85. The lowest BCUT2D eigenvalue weighted by Crippen LogP contribution is -2.03. The standard InChI is InChI=1S/C34H26/c1-3-11-25-21-27(19-17-23(25)9-1)33-29-13-5-7-15-31(29)34(32-16-8-6-14-30(32)33)28-20-18-24-10-2-4-12-26(24)22-28/h1-16,21-22H,17-20H2. The Morgan fingerprint density at radius 3 is 1.12 bits per heavy atom. The van der Waals surface area contributed by atoms with E-state index in [0.29, 0.717) is 0 Å². The van der Waals surface area contributed by atoms with E-state index in [2.05, 4.69) is 109 Å². The molecule has 2 aliphatic carbocycles. The van der Waals surface area contributed by atoms with Gasteiger partial charge in [0.1, 0.15) is 0 Å². The van der Waals surface area contributed by atoms with Crippen LogP contribution in [0.3, 0.4) is 0 Å². The van der Waals surface area contributed by atoms with Crippen molar-refractivity contribution < 1.29 is 0 Å². The van der Waals surface area contributed by atoms with E-state index in [-0.39, 0.29) is 0 Å². The Labute approximate surface area is 200 Å². The largest absolute Gasteiger partial charge is 0.0620 e. The molecule has 0 saturated carbocycles. The minimum absolute atomic E-state index is 1.08. The third-order valence-corrected chi connectivity index (χ3v) is 7.67. The van der Waals surface area contributed by atoms with Crippen molar-refractivity contribution >= 4 is 44.8 Å². The lowest BCUT2D eigenvalue weighted by atomic mass is 9.80. The Morgan fingerprint density at radius 1 is 0.353 bits per heavy atom. The van der Waals surface area contributed by atoms with Crippen LogP contribution >= 0.6 is 0 Å². The first-order chi connectivity index (χ1) is 16.9. The van der Waals surface area contributed by atoms with Gasteiger partial charge in [0.2, 0.25) is 0 Å². The van der Waals surface area contributed by atoms with Gasteiger partial charge in [0.15, 0.2) is 0 Å². The topological polar surface area (TPSA) is 0 Å². The molecule has 0 atom stereocenters. The average Bonchev–Trinajstić information content (AvgIpc) is 2.91. The summed E-state index contributed by atoms with van der Waals surface area (Å²) in [5.74, 6) is 0. The first kappa shape index (κ1) is 19.6. The molecule has 0 unspecified atom stereocenters. The normalized spacial score (nSPS) is 14.9. The Hall–Kier alpha value is -3.90. The van der Waals surface area contributed by atoms with Gasteiger partial charge in [-0.05, 0) is 91.8 Å². The van der Waals surface area contributed by atoms with Crippen LogP contribution in [0.5, 0.6) is 0 Å². The maximum atomic E-state index is 2.43. The monoisotopic (exact) mass is 434 g/mol. The highest BCUT2D eigenvalue weighted by Crippen LogP contribution is 2.44. The minimum atomic E-state index is 1.08. The van der Waals surface area contributed by atoms with Crippen molar-refractivity contribution in [2.24, 2.45) is 0 Å². The fraction of sp³-hybridized carbons (Fsp3) is 0.118. The molecule has 5 aromatic rings. The van der Waals surface area contributed by atoms with Gasteiger partial charge in [-0.3, -0.25) is 0 Å². The highest BCUT2D eigenvalue weighted by Gasteiger charge is 2.22. The van der Waals surface area contributed by atoms with Crippen molar-refractivity contribution in [3.63, 3.8) is 0 Å². The van der Waals surface area contributed by atoms with Gasteiger partial charge in [0.05, 0.1) is 0 Å². The highest BCUT2D eigenvalue weighted by atomic mass is 14.3. The summed E-state index contributed by atoms with van der Waals surface area (Å²) < 4.78 is 0. The Morgan fingerprint density at radius 2 is 0.706 bits per heavy atom. The number of rotatable bonds is 2. The summed E-state index contributed by atoms with van der Waals surface area (Å²) in [6, 6.07) is 35.8. The van der Waals surface area contributed by atoms with E-state index in [9.17, 15) is 0 Å². The molecular formula is C34H26. The van der Waals surface area contributed by atoms with Crippen molar-refractivity contribution in [2.45, 2.75) is 25.7 Å². The van der Waals surface area contributed by atoms with Crippen LogP contribution in [0.4, 0.5) is 0 Å². The van der Waals surface area contributed by atoms with Crippen LogP contribution in [0.2, 0.25) is 0 Å². The van der Waals surface area contributed by atoms with Gasteiger partial charge >= 0.3 is 0 Å². The van der Waals surface area contributed by atoms with Gasteiger partial charge in [-0.1, -0.05) is 109 Å². The summed E-state index contributed by atoms with van der Waals surface area (Å²) in [5, 5.41) is 5.51. The smallest absolute Gasteiger partial charge is 0.00665 e. The number of fused-ring (bicyclic) bond motifs is 4. The molecule has 0 aliphatic heterocycles. The molecule has 0 spiro atoms. The Balaban J connectivity index is 1.54. The van der Waals surface area contributed by atoms with E-state index in [0.717, 1.165) is 25.7 Å². The lowest BCUT2D eigenvalue weighted by molar-refractivity contribution is 1.00. The molecule has 2 aliphatic rings. The van der Waals surface area contributed by atoms with Crippen LogP contribution in [-0.4, -0.2) is 0 Å². The van der Waals surface area contributed by atoms with Crippen molar-refractivity contribution in [2.75, 3.05) is 0 Å². The second-order valence-electron chi connectivity index (χ2n) is 9.58. The molecule has 0 radical (unpaired) electrons. The molecule has 162 valence electrons. The van der Waals surface area contributed by atoms with Gasteiger partial charge < -0.3 is 0 Å². The van der Waals surface area contributed by atoms with Gasteiger partial charge in [-0.15, -0.1) is 0 Å². The van der Waals surface area contributed by atoms with Gasteiger partial charge in [0, 0.05) is 0 Å². The molecule has 0 aromatic heterocycles. The Kier molecular flexibility index (Phi) is 4.52. The minimum Gasteiger partial charge on any atom is -0.0620 e. The molecular weight excluding hydrogens is 408 g/mol. The maximum Gasteiger partial charge on any atom is -0.00665 e. The summed E-state index contributed by atoms with van der Waals surface area (Å²) in [6.07, 6.45) is 9.25. The number of benzene rings is 5. The van der Waals surface area contributed by atoms with Crippen LogP contribution < -0.4 is 0 Å². The van der Waals surface area contributed by atoms with Gasteiger partial charge in [0.25, 0.3) is 0 Å². The first-order valence-electron chi connectivity index (χ1n) is 12.4. The molecule has 0 heterocycles. The molecule has 0 N–H and O–H groups in total. The van der Waals surface area contributed by atoms with Crippen LogP contribution in [0.1, 0.15) is 46.2 Å². The van der Waals surface area contributed by atoms with Crippen LogP contribution in [0.25, 0.3) is 44.8 Å². The molecule has 7 rings (SSSR count). The maximum absolute atomic E-state index is 2.43. The van der Waals surface area contributed by atoms with Crippen molar-refractivity contribution in [1.29, 1.82) is 0 Å². The first-order valence-corrected chi connectivity index (χ1v) is 12.4. The van der Waals surface area contributed by atoms with Gasteiger partial charge in [-0.25, -0.2) is 0 Å². The van der Waals surface area contributed by atoms with Crippen molar-refractivity contribution in [3.05, 3.63) is 130 Å². The number of hydrogen-bond acceptors (Lipinski definition) is 0. The SMILES string of the molecule is C1=C(c2c3ccccc3c(C3=Cc4ccccc4CC3)c3ccccc23)CCc2ccccc21. The number of aryl methyl sites for hydroxylation is 2. The average molecular weight is 435 g/mol. The summed E-state index contributed by atoms with van der Waals surface area (Å²) in [6.45, 7) is 0. The van der Waals surface area contributed by atoms with E-state index in [1.807, 2.05) is 0 Å². The molecule has 0 fully saturated rings. The van der Waals surface area contributed by atoms with E-state index in [4.69, 9.17) is 0 Å². The molecule has 0 heteroatoms. The van der Waals surface area contributed by atoms with Crippen LogP contribution in [0.15, 0.2) is 97.1 Å². The summed E-state index contributed by atoms with van der Waals surface area (Å²) >= 11 is 0. The lowest BCUT2D eigenvalue weighted by Gasteiger charge is -2.24. The molecule has 0 bridgehead atoms. The fourth-order valence-corrected chi connectivity index (χ4v) is 6.08. The van der Waals surface area contributed by atoms with Crippen LogP contribution in [0, 0.1) is 0 Å². The van der Waals surface area contributed by atoms with Gasteiger partial charge in [-0.2, -0.15) is 0 Å². The zero-order chi connectivity index (χ0) is 22.5. The predicted molar refractivity (Wildman–Crippen MR) is 147 cm³/mol. The third-order valence-electron chi connectivity index (χ3n) is 7.67.